The van der Waals surface area contributed by atoms with Gasteiger partial charge in [-0.05, 0) is 31.0 Å². The number of urea groups is 1. The van der Waals surface area contributed by atoms with Gasteiger partial charge in [-0.25, -0.2) is 9.59 Å². The number of carbonyl (C=O) groups is 2. The molecule has 0 aliphatic heterocycles. The number of hydrogen-bond donors (Lipinski definition) is 3. The highest BCUT2D eigenvalue weighted by atomic mass is 35.5. The zero-order valence-corrected chi connectivity index (χ0v) is 13.3. The average Bonchev–Trinajstić information content (AvgIpc) is 2.37. The number of amides is 2. The highest BCUT2D eigenvalue weighted by Gasteiger charge is 2.20. The van der Waals surface area contributed by atoms with Crippen LogP contribution >= 0.6 is 23.2 Å². The number of carboxylic acids is 1. The van der Waals surface area contributed by atoms with Gasteiger partial charge in [0.1, 0.15) is 6.04 Å². The summed E-state index contributed by atoms with van der Waals surface area (Å²) in [6.07, 6.45) is 1.04. The van der Waals surface area contributed by atoms with E-state index in [-0.39, 0.29) is 6.04 Å². The van der Waals surface area contributed by atoms with E-state index in [2.05, 4.69) is 10.6 Å². The molecule has 0 saturated carbocycles. The van der Waals surface area contributed by atoms with Crippen LogP contribution in [0.3, 0.4) is 0 Å². The first-order valence-electron chi connectivity index (χ1n) is 6.60. The van der Waals surface area contributed by atoms with Crippen LogP contribution in [0.4, 0.5) is 4.79 Å². The summed E-state index contributed by atoms with van der Waals surface area (Å²) in [5.74, 6) is -1.05. The molecule has 0 fully saturated rings. The molecule has 1 rings (SSSR count). The van der Waals surface area contributed by atoms with Gasteiger partial charge in [-0.1, -0.05) is 42.6 Å². The number of hydrogen-bond acceptors (Lipinski definition) is 2. The summed E-state index contributed by atoms with van der Waals surface area (Å²) in [7, 11) is 0. The fourth-order valence-electron chi connectivity index (χ4n) is 1.87. The topological polar surface area (TPSA) is 78.4 Å². The fraction of sp³-hybridized carbons (Fsp3) is 0.429. The van der Waals surface area contributed by atoms with Crippen molar-refractivity contribution in [3.63, 3.8) is 0 Å². The molecule has 0 heterocycles. The van der Waals surface area contributed by atoms with Crippen LogP contribution in [0.2, 0.25) is 10.0 Å². The van der Waals surface area contributed by atoms with Gasteiger partial charge in [-0.15, -0.1) is 0 Å². The molecule has 2 amide bonds. The summed E-state index contributed by atoms with van der Waals surface area (Å²) in [6.45, 7) is 3.61. The summed E-state index contributed by atoms with van der Waals surface area (Å²) in [5, 5.41) is 15.0. The molecule has 2 unspecified atom stereocenters. The zero-order valence-electron chi connectivity index (χ0n) is 11.8. The van der Waals surface area contributed by atoms with E-state index in [9.17, 15) is 9.59 Å². The van der Waals surface area contributed by atoms with Crippen LogP contribution in [-0.2, 0) is 4.79 Å². The molecule has 0 radical (unpaired) electrons. The molecule has 1 aromatic carbocycles. The van der Waals surface area contributed by atoms with Crippen molar-refractivity contribution in [1.82, 2.24) is 10.6 Å². The number of nitrogens with one attached hydrogen (secondary N) is 2. The highest BCUT2D eigenvalue weighted by Crippen LogP contribution is 2.25. The van der Waals surface area contributed by atoms with Gasteiger partial charge in [-0.2, -0.15) is 0 Å². The van der Waals surface area contributed by atoms with Crippen molar-refractivity contribution < 1.29 is 14.7 Å². The first-order valence-corrected chi connectivity index (χ1v) is 7.35. The number of carboxylic acid groups (broad SMARTS) is 1. The molecule has 5 nitrogen and oxygen atoms in total. The fourth-order valence-corrected chi connectivity index (χ4v) is 2.45. The van der Waals surface area contributed by atoms with Gasteiger partial charge in [0.2, 0.25) is 0 Å². The lowest BCUT2D eigenvalue weighted by Crippen LogP contribution is -2.46. The molecule has 3 N–H and O–H groups in total. The molecule has 116 valence electrons. The summed E-state index contributed by atoms with van der Waals surface area (Å²) in [4.78, 5) is 22.8. The molecular formula is C14H18Cl2N2O3. The number of halogens is 2. The maximum atomic E-state index is 11.8. The second kappa shape index (κ2) is 8.10. The largest absolute Gasteiger partial charge is 0.480 e. The van der Waals surface area contributed by atoms with Gasteiger partial charge in [-0.3, -0.25) is 0 Å². The van der Waals surface area contributed by atoms with E-state index in [0.29, 0.717) is 28.5 Å². The Balaban J connectivity index is 2.67. The van der Waals surface area contributed by atoms with Gasteiger partial charge in [0, 0.05) is 10.0 Å². The van der Waals surface area contributed by atoms with E-state index < -0.39 is 18.0 Å². The molecular weight excluding hydrogens is 315 g/mol. The van der Waals surface area contributed by atoms with Gasteiger partial charge >= 0.3 is 12.0 Å². The molecule has 2 atom stereocenters. The molecule has 21 heavy (non-hydrogen) atoms. The summed E-state index contributed by atoms with van der Waals surface area (Å²) in [6, 6.07) is 3.17. The van der Waals surface area contributed by atoms with E-state index in [1.54, 1.807) is 25.1 Å². The molecule has 0 bridgehead atoms. The maximum absolute atomic E-state index is 11.8. The van der Waals surface area contributed by atoms with Crippen molar-refractivity contribution in [2.24, 2.45) is 0 Å². The Bertz CT molecular complexity index is 523. The SMILES string of the molecule is CCCC(NC(=O)NC(C)c1ccc(Cl)cc1Cl)C(=O)O. The van der Waals surface area contributed by atoms with E-state index in [0.717, 1.165) is 0 Å². The van der Waals surface area contributed by atoms with Gasteiger partial charge in [0.25, 0.3) is 0 Å². The monoisotopic (exact) mass is 332 g/mol. The van der Waals surface area contributed by atoms with Crippen molar-refractivity contribution in [2.45, 2.75) is 38.8 Å². The quantitative estimate of drug-likeness (QED) is 0.744. The lowest BCUT2D eigenvalue weighted by Gasteiger charge is -2.19. The van der Waals surface area contributed by atoms with Crippen LogP contribution < -0.4 is 10.6 Å². The third-order valence-corrected chi connectivity index (χ3v) is 3.52. The summed E-state index contributed by atoms with van der Waals surface area (Å²) in [5.41, 5.74) is 0.707. The molecule has 1 aromatic rings. The van der Waals surface area contributed by atoms with Gasteiger partial charge < -0.3 is 15.7 Å². The van der Waals surface area contributed by atoms with Crippen LogP contribution in [0.1, 0.15) is 38.3 Å². The van der Waals surface area contributed by atoms with E-state index in [1.807, 2.05) is 6.92 Å². The Morgan fingerprint density at radius 3 is 2.48 bits per heavy atom. The standard InChI is InChI=1S/C14H18Cl2N2O3/c1-3-4-12(13(19)20)18-14(21)17-8(2)10-6-5-9(15)7-11(10)16/h5-8,12H,3-4H2,1-2H3,(H,19,20)(H2,17,18,21). The van der Waals surface area contributed by atoms with Crippen molar-refractivity contribution >= 4 is 35.2 Å². The van der Waals surface area contributed by atoms with Crippen LogP contribution in [0.15, 0.2) is 18.2 Å². The van der Waals surface area contributed by atoms with Crippen molar-refractivity contribution in [1.29, 1.82) is 0 Å². The van der Waals surface area contributed by atoms with E-state index in [4.69, 9.17) is 28.3 Å². The Morgan fingerprint density at radius 2 is 1.95 bits per heavy atom. The van der Waals surface area contributed by atoms with E-state index >= 15 is 0 Å². The number of rotatable bonds is 6. The second-order valence-electron chi connectivity index (χ2n) is 4.68. The number of benzene rings is 1. The van der Waals surface area contributed by atoms with Crippen LogP contribution in [0.25, 0.3) is 0 Å². The number of carbonyl (C=O) groups excluding carboxylic acids is 1. The third-order valence-electron chi connectivity index (χ3n) is 2.96. The van der Waals surface area contributed by atoms with Crippen LogP contribution in [-0.4, -0.2) is 23.1 Å². The van der Waals surface area contributed by atoms with Crippen molar-refractivity contribution in [3.8, 4) is 0 Å². The first-order chi connectivity index (χ1) is 9.85. The molecule has 0 aliphatic rings. The molecule has 0 aliphatic carbocycles. The predicted molar refractivity (Wildman–Crippen MR) is 82.9 cm³/mol. The van der Waals surface area contributed by atoms with Crippen molar-refractivity contribution in [3.05, 3.63) is 33.8 Å². The molecule has 7 heteroatoms. The number of aliphatic carboxylic acids is 1. The molecule has 0 spiro atoms. The summed E-state index contributed by atoms with van der Waals surface area (Å²) < 4.78 is 0. The Morgan fingerprint density at radius 1 is 1.29 bits per heavy atom. The Hall–Kier alpha value is -1.46. The molecule has 0 aromatic heterocycles. The van der Waals surface area contributed by atoms with Crippen molar-refractivity contribution in [2.75, 3.05) is 0 Å². The highest BCUT2D eigenvalue weighted by molar-refractivity contribution is 6.35. The van der Waals surface area contributed by atoms with E-state index in [1.165, 1.54) is 0 Å². The minimum atomic E-state index is -1.05. The normalized spacial score (nSPS) is 13.3. The summed E-state index contributed by atoms with van der Waals surface area (Å²) >= 11 is 11.9. The molecule has 0 saturated heterocycles. The maximum Gasteiger partial charge on any atom is 0.326 e. The first kappa shape index (κ1) is 17.6. The Kier molecular flexibility index (Phi) is 6.78. The lowest BCUT2D eigenvalue weighted by atomic mass is 10.1. The average molecular weight is 333 g/mol. The second-order valence-corrected chi connectivity index (χ2v) is 5.53. The van der Waals surface area contributed by atoms with Crippen LogP contribution in [0, 0.1) is 0 Å². The van der Waals surface area contributed by atoms with Gasteiger partial charge in [0.05, 0.1) is 6.04 Å². The predicted octanol–water partition coefficient (Wildman–Crippen LogP) is 3.61. The van der Waals surface area contributed by atoms with Crippen LogP contribution in [0.5, 0.6) is 0 Å². The lowest BCUT2D eigenvalue weighted by molar-refractivity contribution is -0.139. The Labute approximate surface area is 133 Å². The third kappa shape index (κ3) is 5.44. The zero-order chi connectivity index (χ0) is 16.0. The minimum Gasteiger partial charge on any atom is -0.480 e. The smallest absolute Gasteiger partial charge is 0.326 e. The van der Waals surface area contributed by atoms with Gasteiger partial charge in [0.15, 0.2) is 0 Å². The minimum absolute atomic E-state index is 0.370.